The number of hydrogen-bond acceptors (Lipinski definition) is 3. The molecule has 3 nitrogen and oxygen atoms in total. The van der Waals surface area contributed by atoms with Crippen LogP contribution < -0.4 is 5.73 Å². The molecule has 0 aliphatic rings. The number of halogens is 1. The zero-order valence-electron chi connectivity index (χ0n) is 11.5. The van der Waals surface area contributed by atoms with E-state index in [1.54, 1.807) is 18.2 Å². The summed E-state index contributed by atoms with van der Waals surface area (Å²) in [4.78, 5) is 0.344. The summed E-state index contributed by atoms with van der Waals surface area (Å²) < 4.78 is 24.0. The summed E-state index contributed by atoms with van der Waals surface area (Å²) in [6.45, 7) is 2.17. The van der Waals surface area contributed by atoms with Gasteiger partial charge in [0.2, 0.25) is 0 Å². The van der Waals surface area contributed by atoms with Gasteiger partial charge in [-0.15, -0.1) is 12.4 Å². The van der Waals surface area contributed by atoms with Crippen molar-refractivity contribution < 1.29 is 8.42 Å². The van der Waals surface area contributed by atoms with Gasteiger partial charge in [0.1, 0.15) is 0 Å². The Morgan fingerprint density at radius 3 is 2.32 bits per heavy atom. The zero-order valence-corrected chi connectivity index (χ0v) is 13.1. The van der Waals surface area contributed by atoms with Crippen LogP contribution in [0.2, 0.25) is 0 Å². The Hall–Kier alpha value is -0.740. The van der Waals surface area contributed by atoms with Gasteiger partial charge in [0.05, 0.1) is 10.6 Å². The first-order valence-electron chi connectivity index (χ1n) is 6.64. The predicted molar refractivity (Wildman–Crippen MR) is 83.5 cm³/mol. The lowest BCUT2D eigenvalue weighted by Crippen LogP contribution is -2.07. The van der Waals surface area contributed by atoms with Gasteiger partial charge < -0.3 is 5.73 Å². The van der Waals surface area contributed by atoms with Crippen LogP contribution in [0.4, 0.5) is 5.69 Å². The maximum Gasteiger partial charge on any atom is 0.178 e. The van der Waals surface area contributed by atoms with E-state index in [2.05, 4.69) is 6.92 Å². The van der Waals surface area contributed by atoms with Gasteiger partial charge in [-0.25, -0.2) is 8.42 Å². The molecule has 110 valence electrons. The molecule has 0 saturated heterocycles. The van der Waals surface area contributed by atoms with E-state index in [4.69, 9.17) is 5.73 Å². The summed E-state index contributed by atoms with van der Waals surface area (Å²) in [5.74, 6) is 0.225. The van der Waals surface area contributed by atoms with E-state index in [9.17, 15) is 8.42 Å². The molecular weight excluding hydrogens is 282 g/mol. The number of rotatable bonds is 8. The van der Waals surface area contributed by atoms with Crippen LogP contribution >= 0.6 is 12.4 Å². The van der Waals surface area contributed by atoms with Crippen molar-refractivity contribution >= 4 is 27.9 Å². The average Bonchev–Trinajstić information content (AvgIpc) is 2.33. The molecular formula is C14H24ClNO2S. The Balaban J connectivity index is 0.00000324. The van der Waals surface area contributed by atoms with Crippen molar-refractivity contribution in [2.45, 2.75) is 50.3 Å². The summed E-state index contributed by atoms with van der Waals surface area (Å²) in [6.07, 6.45) is 6.50. The van der Waals surface area contributed by atoms with Gasteiger partial charge in [0, 0.05) is 5.69 Å². The van der Waals surface area contributed by atoms with Gasteiger partial charge in [-0.3, -0.25) is 0 Å². The summed E-state index contributed by atoms with van der Waals surface area (Å²) >= 11 is 0. The lowest BCUT2D eigenvalue weighted by atomic mass is 10.1. The maximum absolute atomic E-state index is 12.0. The minimum atomic E-state index is -3.16. The van der Waals surface area contributed by atoms with Gasteiger partial charge in [-0.1, -0.05) is 45.1 Å². The average molecular weight is 306 g/mol. The molecule has 0 fully saturated rings. The number of nitrogen functional groups attached to an aromatic ring is 1. The number of benzene rings is 1. The highest BCUT2D eigenvalue weighted by Crippen LogP contribution is 2.16. The largest absolute Gasteiger partial charge is 0.399 e. The fourth-order valence-corrected chi connectivity index (χ4v) is 3.32. The molecule has 1 rings (SSSR count). The van der Waals surface area contributed by atoms with Gasteiger partial charge in [0.15, 0.2) is 9.84 Å². The van der Waals surface area contributed by atoms with Gasteiger partial charge in [-0.05, 0) is 24.6 Å². The number of nitrogens with two attached hydrogens (primary N) is 1. The van der Waals surface area contributed by atoms with E-state index in [1.807, 2.05) is 0 Å². The maximum atomic E-state index is 12.0. The summed E-state index contributed by atoms with van der Waals surface area (Å²) in [7, 11) is -3.16. The third-order valence-corrected chi connectivity index (χ3v) is 4.78. The molecule has 1 aromatic carbocycles. The van der Waals surface area contributed by atoms with Crippen molar-refractivity contribution in [3.8, 4) is 0 Å². The molecule has 0 radical (unpaired) electrons. The van der Waals surface area contributed by atoms with E-state index < -0.39 is 9.84 Å². The van der Waals surface area contributed by atoms with Crippen molar-refractivity contribution in [3.05, 3.63) is 24.3 Å². The zero-order chi connectivity index (χ0) is 13.4. The molecule has 1 aromatic rings. The quantitative estimate of drug-likeness (QED) is 0.586. The van der Waals surface area contributed by atoms with Crippen molar-refractivity contribution in [2.24, 2.45) is 0 Å². The third-order valence-electron chi connectivity index (χ3n) is 2.98. The summed E-state index contributed by atoms with van der Waals surface area (Å²) in [5, 5.41) is 0. The highest BCUT2D eigenvalue weighted by Gasteiger charge is 2.13. The van der Waals surface area contributed by atoms with Crippen LogP contribution in [0.15, 0.2) is 29.2 Å². The molecule has 0 heterocycles. The Morgan fingerprint density at radius 2 is 1.68 bits per heavy atom. The van der Waals surface area contributed by atoms with Crippen LogP contribution in [-0.2, 0) is 9.84 Å². The topological polar surface area (TPSA) is 60.2 Å². The first-order valence-corrected chi connectivity index (χ1v) is 8.30. The van der Waals surface area contributed by atoms with Crippen molar-refractivity contribution in [1.82, 2.24) is 0 Å². The van der Waals surface area contributed by atoms with Crippen molar-refractivity contribution in [3.63, 3.8) is 0 Å². The van der Waals surface area contributed by atoms with Crippen LogP contribution in [0.25, 0.3) is 0 Å². The molecule has 0 unspecified atom stereocenters. The van der Waals surface area contributed by atoms with E-state index in [0.717, 1.165) is 19.3 Å². The molecule has 0 amide bonds. The minimum Gasteiger partial charge on any atom is -0.399 e. The van der Waals surface area contributed by atoms with E-state index in [0.29, 0.717) is 10.6 Å². The van der Waals surface area contributed by atoms with Gasteiger partial charge in [-0.2, -0.15) is 0 Å². The van der Waals surface area contributed by atoms with E-state index >= 15 is 0 Å². The van der Waals surface area contributed by atoms with Crippen LogP contribution in [0.3, 0.4) is 0 Å². The molecule has 19 heavy (non-hydrogen) atoms. The number of unbranched alkanes of at least 4 members (excludes halogenated alkanes) is 5. The molecule has 0 atom stereocenters. The molecule has 5 heteroatoms. The number of anilines is 1. The fourth-order valence-electron chi connectivity index (χ4n) is 1.90. The Kier molecular flexibility index (Phi) is 8.85. The number of hydrogen-bond donors (Lipinski definition) is 1. The summed E-state index contributed by atoms with van der Waals surface area (Å²) in [6, 6.07) is 6.53. The Morgan fingerprint density at radius 1 is 1.05 bits per heavy atom. The first-order chi connectivity index (χ1) is 8.56. The van der Waals surface area contributed by atoms with Crippen molar-refractivity contribution in [2.75, 3.05) is 11.5 Å². The first kappa shape index (κ1) is 18.3. The molecule has 0 bridgehead atoms. The molecule has 2 N–H and O–H groups in total. The minimum absolute atomic E-state index is 0. The second-order valence-electron chi connectivity index (χ2n) is 4.66. The van der Waals surface area contributed by atoms with Gasteiger partial charge in [0.25, 0.3) is 0 Å². The highest BCUT2D eigenvalue weighted by molar-refractivity contribution is 7.91. The Bertz CT molecular complexity index is 460. The third kappa shape index (κ3) is 6.83. The van der Waals surface area contributed by atoms with E-state index in [1.165, 1.54) is 25.3 Å². The lowest BCUT2D eigenvalue weighted by Gasteiger charge is -2.05. The van der Waals surface area contributed by atoms with Crippen LogP contribution in [0.5, 0.6) is 0 Å². The second-order valence-corrected chi connectivity index (χ2v) is 6.77. The fraction of sp³-hybridized carbons (Fsp3) is 0.571. The molecule has 0 aromatic heterocycles. The summed E-state index contributed by atoms with van der Waals surface area (Å²) in [5.41, 5.74) is 6.10. The van der Waals surface area contributed by atoms with Crippen LogP contribution in [-0.4, -0.2) is 14.2 Å². The molecule has 0 aliphatic carbocycles. The SMILES string of the molecule is CCCCCCCCS(=O)(=O)c1cccc(N)c1.Cl. The van der Waals surface area contributed by atoms with Gasteiger partial charge >= 0.3 is 0 Å². The van der Waals surface area contributed by atoms with Crippen molar-refractivity contribution in [1.29, 1.82) is 0 Å². The molecule has 0 spiro atoms. The molecule has 0 aliphatic heterocycles. The highest BCUT2D eigenvalue weighted by atomic mass is 35.5. The predicted octanol–water partition coefficient (Wildman–Crippen LogP) is 3.82. The monoisotopic (exact) mass is 305 g/mol. The number of sulfone groups is 1. The van der Waals surface area contributed by atoms with Crippen LogP contribution in [0, 0.1) is 0 Å². The van der Waals surface area contributed by atoms with Crippen LogP contribution in [0.1, 0.15) is 45.4 Å². The Labute approximate surface area is 122 Å². The second kappa shape index (κ2) is 9.21. The lowest BCUT2D eigenvalue weighted by molar-refractivity contribution is 0.583. The van der Waals surface area contributed by atoms with E-state index in [-0.39, 0.29) is 18.2 Å². The normalized spacial score (nSPS) is 11.0. The standard InChI is InChI=1S/C14H23NO2S.ClH/c1-2-3-4-5-6-7-11-18(16,17)14-10-8-9-13(15)12-14;/h8-10,12H,2-7,11,15H2,1H3;1H. The smallest absolute Gasteiger partial charge is 0.178 e. The molecule has 0 saturated carbocycles.